The Kier molecular flexibility index (Phi) is 5.88. The Balaban J connectivity index is 1.69. The molecule has 144 valence electrons. The summed E-state index contributed by atoms with van der Waals surface area (Å²) >= 11 is 0. The molecular formula is C19H21FN2O4S. The summed E-state index contributed by atoms with van der Waals surface area (Å²) in [6.45, 7) is 1.16. The van der Waals surface area contributed by atoms with Gasteiger partial charge in [-0.1, -0.05) is 24.3 Å². The van der Waals surface area contributed by atoms with Crippen LogP contribution in [0.4, 0.5) is 4.39 Å². The summed E-state index contributed by atoms with van der Waals surface area (Å²) in [6.07, 6.45) is 0. The van der Waals surface area contributed by atoms with Gasteiger partial charge in [0.25, 0.3) is 5.91 Å². The molecule has 0 N–H and O–H groups in total. The fourth-order valence-corrected chi connectivity index (χ4v) is 4.56. The summed E-state index contributed by atoms with van der Waals surface area (Å²) in [5.41, 5.74) is 1.43. The Hall–Kier alpha value is -2.29. The first-order valence-electron chi connectivity index (χ1n) is 8.55. The third-order valence-corrected chi connectivity index (χ3v) is 6.40. The molecule has 0 radical (unpaired) electrons. The molecule has 1 aliphatic rings. The van der Waals surface area contributed by atoms with E-state index in [1.165, 1.54) is 22.5 Å². The van der Waals surface area contributed by atoms with Gasteiger partial charge in [0.15, 0.2) is 0 Å². The highest BCUT2D eigenvalue weighted by Gasteiger charge is 2.32. The Morgan fingerprint density at radius 2 is 1.78 bits per heavy atom. The number of sulfonamides is 1. The standard InChI is InChI=1S/C19H21FN2O4S/c1-26-14-15-5-4-6-16(13-15)19(23)21-9-11-22(12-10-21)27(24,25)18-8-3-2-7-17(18)20/h2-8,13H,9-12,14H2,1H3. The summed E-state index contributed by atoms with van der Waals surface area (Å²) in [5, 5.41) is 0. The Morgan fingerprint density at radius 1 is 1.07 bits per heavy atom. The van der Waals surface area contributed by atoms with Crippen molar-refractivity contribution < 1.29 is 22.3 Å². The van der Waals surface area contributed by atoms with Crippen LogP contribution in [0, 0.1) is 5.82 Å². The quantitative estimate of drug-likeness (QED) is 0.782. The Bertz CT molecular complexity index is 925. The molecule has 0 aromatic heterocycles. The van der Waals surface area contributed by atoms with Crippen molar-refractivity contribution in [1.82, 2.24) is 9.21 Å². The van der Waals surface area contributed by atoms with Crippen molar-refractivity contribution in [2.75, 3.05) is 33.3 Å². The van der Waals surface area contributed by atoms with E-state index in [0.717, 1.165) is 11.6 Å². The van der Waals surface area contributed by atoms with Crippen molar-refractivity contribution in [3.05, 3.63) is 65.5 Å². The second kappa shape index (κ2) is 8.16. The molecule has 6 nitrogen and oxygen atoms in total. The summed E-state index contributed by atoms with van der Waals surface area (Å²) < 4.78 is 45.5. The predicted molar refractivity (Wildman–Crippen MR) is 98.2 cm³/mol. The number of benzene rings is 2. The summed E-state index contributed by atoms with van der Waals surface area (Å²) in [7, 11) is -2.33. The molecule has 1 fully saturated rings. The van der Waals surface area contributed by atoms with Crippen LogP contribution in [0.25, 0.3) is 0 Å². The van der Waals surface area contributed by atoms with Crippen LogP contribution in [-0.4, -0.2) is 56.8 Å². The number of rotatable bonds is 5. The first kappa shape index (κ1) is 19.5. The van der Waals surface area contributed by atoms with Gasteiger partial charge in [-0.15, -0.1) is 0 Å². The highest BCUT2D eigenvalue weighted by atomic mass is 32.2. The van der Waals surface area contributed by atoms with Crippen molar-refractivity contribution in [1.29, 1.82) is 0 Å². The van der Waals surface area contributed by atoms with E-state index in [-0.39, 0.29) is 37.0 Å². The number of nitrogens with zero attached hydrogens (tertiary/aromatic N) is 2. The van der Waals surface area contributed by atoms with Crippen LogP contribution in [0.1, 0.15) is 15.9 Å². The third kappa shape index (κ3) is 4.18. The van der Waals surface area contributed by atoms with E-state index in [1.54, 1.807) is 30.2 Å². The molecule has 8 heteroatoms. The maximum absolute atomic E-state index is 13.9. The molecule has 3 rings (SSSR count). The zero-order valence-corrected chi connectivity index (χ0v) is 15.8. The zero-order valence-electron chi connectivity index (χ0n) is 15.0. The maximum atomic E-state index is 13.9. The predicted octanol–water partition coefficient (Wildman–Crippen LogP) is 2.12. The van der Waals surface area contributed by atoms with Crippen molar-refractivity contribution in [2.45, 2.75) is 11.5 Å². The van der Waals surface area contributed by atoms with Crippen molar-refractivity contribution in [3.63, 3.8) is 0 Å². The highest BCUT2D eigenvalue weighted by molar-refractivity contribution is 7.89. The van der Waals surface area contributed by atoms with Gasteiger partial charge >= 0.3 is 0 Å². The summed E-state index contributed by atoms with van der Waals surface area (Å²) in [5.74, 6) is -0.929. The Labute approximate surface area is 158 Å². The van der Waals surface area contributed by atoms with Crippen LogP contribution < -0.4 is 0 Å². The lowest BCUT2D eigenvalue weighted by Gasteiger charge is -2.34. The second-order valence-electron chi connectivity index (χ2n) is 6.26. The molecule has 2 aromatic rings. The van der Waals surface area contributed by atoms with Gasteiger partial charge in [0.05, 0.1) is 6.61 Å². The average Bonchev–Trinajstić information content (AvgIpc) is 2.68. The fraction of sp³-hybridized carbons (Fsp3) is 0.316. The van der Waals surface area contributed by atoms with E-state index < -0.39 is 15.8 Å². The molecule has 0 saturated carbocycles. The van der Waals surface area contributed by atoms with Crippen molar-refractivity contribution in [3.8, 4) is 0 Å². The van der Waals surface area contributed by atoms with Gasteiger partial charge in [-0.05, 0) is 29.8 Å². The minimum absolute atomic E-state index is 0.125. The number of piperazine rings is 1. The minimum atomic E-state index is -3.92. The van der Waals surface area contributed by atoms with E-state index in [9.17, 15) is 17.6 Å². The zero-order chi connectivity index (χ0) is 19.4. The second-order valence-corrected chi connectivity index (χ2v) is 8.17. The number of hydrogen-bond acceptors (Lipinski definition) is 4. The molecule has 0 bridgehead atoms. The molecule has 1 aliphatic heterocycles. The van der Waals surface area contributed by atoms with Crippen LogP contribution in [0.5, 0.6) is 0 Å². The van der Waals surface area contributed by atoms with Crippen LogP contribution in [-0.2, 0) is 21.4 Å². The number of carbonyl (C=O) groups excluding carboxylic acids is 1. The van der Waals surface area contributed by atoms with Crippen LogP contribution in [0.15, 0.2) is 53.4 Å². The van der Waals surface area contributed by atoms with E-state index in [0.29, 0.717) is 12.2 Å². The Morgan fingerprint density at radius 3 is 2.44 bits per heavy atom. The van der Waals surface area contributed by atoms with Gasteiger partial charge < -0.3 is 9.64 Å². The number of amides is 1. The molecule has 1 saturated heterocycles. The number of ether oxygens (including phenoxy) is 1. The van der Waals surface area contributed by atoms with E-state index in [4.69, 9.17) is 4.74 Å². The minimum Gasteiger partial charge on any atom is -0.380 e. The smallest absolute Gasteiger partial charge is 0.253 e. The van der Waals surface area contributed by atoms with E-state index in [1.807, 2.05) is 6.07 Å². The number of hydrogen-bond donors (Lipinski definition) is 0. The van der Waals surface area contributed by atoms with E-state index in [2.05, 4.69) is 0 Å². The van der Waals surface area contributed by atoms with Gasteiger partial charge in [0, 0.05) is 38.9 Å². The molecule has 1 heterocycles. The average molecular weight is 392 g/mol. The number of methoxy groups -OCH3 is 1. The topological polar surface area (TPSA) is 66.9 Å². The van der Waals surface area contributed by atoms with Crippen LogP contribution in [0.3, 0.4) is 0 Å². The molecule has 1 amide bonds. The first-order valence-corrected chi connectivity index (χ1v) is 9.99. The van der Waals surface area contributed by atoms with Gasteiger partial charge in [-0.2, -0.15) is 4.31 Å². The fourth-order valence-electron chi connectivity index (χ4n) is 3.07. The molecule has 0 aliphatic carbocycles. The monoisotopic (exact) mass is 392 g/mol. The highest BCUT2D eigenvalue weighted by Crippen LogP contribution is 2.21. The van der Waals surface area contributed by atoms with E-state index >= 15 is 0 Å². The lowest BCUT2D eigenvalue weighted by molar-refractivity contribution is 0.0697. The first-order chi connectivity index (χ1) is 12.9. The lowest BCUT2D eigenvalue weighted by Crippen LogP contribution is -2.50. The van der Waals surface area contributed by atoms with Gasteiger partial charge in [0.1, 0.15) is 10.7 Å². The molecule has 0 unspecified atom stereocenters. The van der Waals surface area contributed by atoms with Crippen molar-refractivity contribution in [2.24, 2.45) is 0 Å². The molecule has 2 aromatic carbocycles. The van der Waals surface area contributed by atoms with Gasteiger partial charge in [-0.3, -0.25) is 4.79 Å². The van der Waals surface area contributed by atoms with Crippen LogP contribution >= 0.6 is 0 Å². The van der Waals surface area contributed by atoms with Crippen molar-refractivity contribution >= 4 is 15.9 Å². The van der Waals surface area contributed by atoms with Gasteiger partial charge in [-0.25, -0.2) is 12.8 Å². The largest absolute Gasteiger partial charge is 0.380 e. The maximum Gasteiger partial charge on any atom is 0.253 e. The SMILES string of the molecule is COCc1cccc(C(=O)N2CCN(S(=O)(=O)c3ccccc3F)CC2)c1. The molecular weight excluding hydrogens is 371 g/mol. The van der Waals surface area contributed by atoms with Crippen LogP contribution in [0.2, 0.25) is 0 Å². The third-order valence-electron chi connectivity index (χ3n) is 4.47. The molecule has 0 atom stereocenters. The summed E-state index contributed by atoms with van der Waals surface area (Å²) in [6, 6.07) is 12.5. The number of carbonyl (C=O) groups is 1. The number of halogens is 1. The molecule has 27 heavy (non-hydrogen) atoms. The lowest BCUT2D eigenvalue weighted by atomic mass is 10.1. The normalized spacial score (nSPS) is 15.7. The molecule has 0 spiro atoms. The summed E-state index contributed by atoms with van der Waals surface area (Å²) in [4.78, 5) is 14.0. The van der Waals surface area contributed by atoms with Gasteiger partial charge in [0.2, 0.25) is 10.0 Å².